The van der Waals surface area contributed by atoms with Crippen molar-refractivity contribution in [1.82, 2.24) is 0 Å². The van der Waals surface area contributed by atoms with Crippen LogP contribution in [0.25, 0.3) is 0 Å². The van der Waals surface area contributed by atoms with Crippen LogP contribution >= 0.6 is 0 Å². The Kier molecular flexibility index (Phi) is 4.23. The Labute approximate surface area is 94.3 Å². The number of nitrogens with two attached hydrogens (primary N) is 1. The van der Waals surface area contributed by atoms with E-state index in [0.717, 1.165) is 19.3 Å². The molecule has 0 spiro atoms. The van der Waals surface area contributed by atoms with E-state index in [1.165, 1.54) is 13.8 Å². The van der Waals surface area contributed by atoms with Crippen LogP contribution in [0.3, 0.4) is 0 Å². The third-order valence-corrected chi connectivity index (χ3v) is 2.85. The van der Waals surface area contributed by atoms with Crippen molar-refractivity contribution in [2.75, 3.05) is 0 Å². The Morgan fingerprint density at radius 3 is 2.00 bits per heavy atom. The molecule has 1 aliphatic rings. The van der Waals surface area contributed by atoms with Gasteiger partial charge in [0, 0.05) is 5.54 Å². The van der Waals surface area contributed by atoms with Gasteiger partial charge in [-0.15, -0.1) is 0 Å². The number of alkyl halides is 3. The Morgan fingerprint density at radius 2 is 1.62 bits per heavy atom. The normalized spacial score (nSPS) is 22.1. The van der Waals surface area contributed by atoms with E-state index in [1.807, 2.05) is 0 Å². The molecule has 1 fully saturated rings. The van der Waals surface area contributed by atoms with Crippen LogP contribution in [0.2, 0.25) is 0 Å². The van der Waals surface area contributed by atoms with Gasteiger partial charge in [0.15, 0.2) is 6.10 Å². The van der Waals surface area contributed by atoms with E-state index < -0.39 is 17.8 Å². The molecule has 0 aromatic carbocycles. The van der Waals surface area contributed by atoms with Gasteiger partial charge in [-0.25, -0.2) is 0 Å². The summed E-state index contributed by atoms with van der Waals surface area (Å²) in [5.74, 6) is 0. The molecule has 0 radical (unpaired) electrons. The molecule has 1 saturated carbocycles. The van der Waals surface area contributed by atoms with Gasteiger partial charge in [0.05, 0.1) is 6.10 Å². The van der Waals surface area contributed by atoms with Gasteiger partial charge in [-0.2, -0.15) is 13.2 Å². The predicted octanol–water partition coefficient (Wildman–Crippen LogP) is 3.00. The standard InChI is InChI=1S/C11H20F3NO/c1-10(2,15)9(11(12,13)14)16-8-6-4-3-5-7-8/h8-9H,3-7,15H2,1-2H3. The quantitative estimate of drug-likeness (QED) is 0.821. The van der Waals surface area contributed by atoms with Crippen molar-refractivity contribution in [3.8, 4) is 0 Å². The van der Waals surface area contributed by atoms with Crippen LogP contribution in [-0.2, 0) is 4.74 Å². The molecule has 96 valence electrons. The minimum Gasteiger partial charge on any atom is -0.364 e. The van der Waals surface area contributed by atoms with Crippen LogP contribution in [0.4, 0.5) is 13.2 Å². The molecule has 0 aliphatic heterocycles. The van der Waals surface area contributed by atoms with Gasteiger partial charge in [-0.05, 0) is 26.7 Å². The second-order valence-corrected chi connectivity index (χ2v) is 5.14. The van der Waals surface area contributed by atoms with Crippen LogP contribution in [0, 0.1) is 0 Å². The first-order chi connectivity index (χ1) is 7.21. The third kappa shape index (κ3) is 3.94. The Hall–Kier alpha value is -0.290. The summed E-state index contributed by atoms with van der Waals surface area (Å²) in [5.41, 5.74) is 4.14. The van der Waals surface area contributed by atoms with E-state index >= 15 is 0 Å². The lowest BCUT2D eigenvalue weighted by Gasteiger charge is -2.36. The first-order valence-corrected chi connectivity index (χ1v) is 5.72. The third-order valence-electron chi connectivity index (χ3n) is 2.85. The van der Waals surface area contributed by atoms with Crippen molar-refractivity contribution in [2.45, 2.75) is 69.9 Å². The molecule has 0 heterocycles. The van der Waals surface area contributed by atoms with Crippen molar-refractivity contribution in [1.29, 1.82) is 0 Å². The van der Waals surface area contributed by atoms with Crippen molar-refractivity contribution >= 4 is 0 Å². The van der Waals surface area contributed by atoms with E-state index in [4.69, 9.17) is 10.5 Å². The molecular formula is C11H20F3NO. The molecule has 0 amide bonds. The molecule has 1 rings (SSSR count). The molecule has 1 unspecified atom stereocenters. The summed E-state index contributed by atoms with van der Waals surface area (Å²) in [5, 5.41) is 0. The molecule has 2 nitrogen and oxygen atoms in total. The van der Waals surface area contributed by atoms with Gasteiger partial charge < -0.3 is 10.5 Å². The summed E-state index contributed by atoms with van der Waals surface area (Å²) in [6.45, 7) is 2.71. The lowest BCUT2D eigenvalue weighted by Crippen LogP contribution is -2.55. The highest BCUT2D eigenvalue weighted by Crippen LogP contribution is 2.33. The minimum atomic E-state index is -4.39. The second kappa shape index (κ2) is 4.92. The fourth-order valence-corrected chi connectivity index (χ4v) is 2.07. The highest BCUT2D eigenvalue weighted by molar-refractivity contribution is 4.89. The lowest BCUT2D eigenvalue weighted by molar-refractivity contribution is -0.251. The van der Waals surface area contributed by atoms with Gasteiger partial charge >= 0.3 is 6.18 Å². The number of hydrogen-bond donors (Lipinski definition) is 1. The monoisotopic (exact) mass is 239 g/mol. The molecule has 0 aromatic heterocycles. The molecule has 5 heteroatoms. The highest BCUT2D eigenvalue weighted by atomic mass is 19.4. The maximum atomic E-state index is 12.8. The average Bonchev–Trinajstić information content (AvgIpc) is 2.12. The molecule has 1 aliphatic carbocycles. The Bertz CT molecular complexity index is 202. The zero-order valence-electron chi connectivity index (χ0n) is 9.81. The van der Waals surface area contributed by atoms with Gasteiger partial charge in [0.1, 0.15) is 0 Å². The largest absolute Gasteiger partial charge is 0.416 e. The number of halogens is 3. The molecule has 0 saturated heterocycles. The lowest BCUT2D eigenvalue weighted by atomic mass is 9.94. The predicted molar refractivity (Wildman–Crippen MR) is 56.1 cm³/mol. The topological polar surface area (TPSA) is 35.2 Å². The smallest absolute Gasteiger partial charge is 0.364 e. The maximum Gasteiger partial charge on any atom is 0.416 e. The molecule has 16 heavy (non-hydrogen) atoms. The van der Waals surface area contributed by atoms with Gasteiger partial charge in [-0.1, -0.05) is 19.3 Å². The van der Waals surface area contributed by atoms with Crippen LogP contribution in [0.1, 0.15) is 46.0 Å². The number of rotatable bonds is 3. The van der Waals surface area contributed by atoms with E-state index in [1.54, 1.807) is 0 Å². The van der Waals surface area contributed by atoms with Gasteiger partial charge in [0.25, 0.3) is 0 Å². The number of ether oxygens (including phenoxy) is 1. The molecule has 1 atom stereocenters. The first-order valence-electron chi connectivity index (χ1n) is 5.72. The van der Waals surface area contributed by atoms with Crippen molar-refractivity contribution in [3.05, 3.63) is 0 Å². The summed E-state index contributed by atoms with van der Waals surface area (Å²) in [4.78, 5) is 0. The van der Waals surface area contributed by atoms with Crippen molar-refractivity contribution in [3.63, 3.8) is 0 Å². The maximum absolute atomic E-state index is 12.8. The van der Waals surface area contributed by atoms with Crippen LogP contribution < -0.4 is 5.73 Å². The van der Waals surface area contributed by atoms with Crippen LogP contribution in [-0.4, -0.2) is 23.9 Å². The minimum absolute atomic E-state index is 0.289. The molecule has 0 aromatic rings. The summed E-state index contributed by atoms with van der Waals surface area (Å²) >= 11 is 0. The van der Waals surface area contributed by atoms with E-state index in [9.17, 15) is 13.2 Å². The van der Waals surface area contributed by atoms with E-state index in [0.29, 0.717) is 12.8 Å². The number of hydrogen-bond acceptors (Lipinski definition) is 2. The summed E-state index contributed by atoms with van der Waals surface area (Å²) in [7, 11) is 0. The summed E-state index contributed by atoms with van der Waals surface area (Å²) in [6.07, 6.45) is -2.16. The van der Waals surface area contributed by atoms with E-state index in [2.05, 4.69) is 0 Å². The van der Waals surface area contributed by atoms with Crippen LogP contribution in [0.5, 0.6) is 0 Å². The molecule has 0 bridgehead atoms. The summed E-state index contributed by atoms with van der Waals surface area (Å²) < 4.78 is 43.5. The van der Waals surface area contributed by atoms with Gasteiger partial charge in [-0.3, -0.25) is 0 Å². The van der Waals surface area contributed by atoms with Gasteiger partial charge in [0.2, 0.25) is 0 Å². The fourth-order valence-electron chi connectivity index (χ4n) is 2.07. The zero-order valence-corrected chi connectivity index (χ0v) is 9.81. The van der Waals surface area contributed by atoms with Crippen LogP contribution in [0.15, 0.2) is 0 Å². The zero-order chi connectivity index (χ0) is 12.4. The Balaban J connectivity index is 2.63. The highest BCUT2D eigenvalue weighted by Gasteiger charge is 2.49. The summed E-state index contributed by atoms with van der Waals surface area (Å²) in [6, 6.07) is 0. The fraction of sp³-hybridized carbons (Fsp3) is 1.00. The van der Waals surface area contributed by atoms with E-state index in [-0.39, 0.29) is 6.10 Å². The van der Waals surface area contributed by atoms with Crippen molar-refractivity contribution in [2.24, 2.45) is 5.73 Å². The average molecular weight is 239 g/mol. The molecular weight excluding hydrogens is 219 g/mol. The first kappa shape index (κ1) is 13.8. The second-order valence-electron chi connectivity index (χ2n) is 5.14. The van der Waals surface area contributed by atoms with Crippen molar-refractivity contribution < 1.29 is 17.9 Å². The molecule has 2 N–H and O–H groups in total. The SMILES string of the molecule is CC(C)(N)C(OC1CCCCC1)C(F)(F)F. The Morgan fingerprint density at radius 1 is 1.12 bits per heavy atom.